The third kappa shape index (κ3) is 1.83. The van der Waals surface area contributed by atoms with Crippen molar-refractivity contribution in [3.05, 3.63) is 24.1 Å². The third-order valence-corrected chi connectivity index (χ3v) is 1.50. The lowest BCUT2D eigenvalue weighted by Gasteiger charge is -2.17. The van der Waals surface area contributed by atoms with Gasteiger partial charge in [-0.25, -0.2) is 4.39 Å². The Morgan fingerprint density at radius 2 is 2.44 bits per heavy atom. The highest BCUT2D eigenvalue weighted by atomic mass is 35.5. The summed E-state index contributed by atoms with van der Waals surface area (Å²) in [5, 5.41) is 0. The maximum Gasteiger partial charge on any atom is 0.120 e. The van der Waals surface area contributed by atoms with Crippen LogP contribution in [0.25, 0.3) is 0 Å². The summed E-state index contributed by atoms with van der Waals surface area (Å²) in [5.41, 5.74) is 0. The zero-order valence-corrected chi connectivity index (χ0v) is 5.95. The van der Waals surface area contributed by atoms with Crippen LogP contribution >= 0.6 is 11.6 Å². The van der Waals surface area contributed by atoms with E-state index in [1.807, 2.05) is 0 Å². The Morgan fingerprint density at radius 3 is 2.78 bits per heavy atom. The van der Waals surface area contributed by atoms with Crippen LogP contribution in [0.2, 0.25) is 0 Å². The second kappa shape index (κ2) is 2.14. The molecule has 0 radical (unpaired) electrons. The second-order valence-electron chi connectivity index (χ2n) is 2.41. The molecule has 2 heteroatoms. The van der Waals surface area contributed by atoms with E-state index in [-0.39, 0.29) is 5.83 Å². The lowest BCUT2D eigenvalue weighted by atomic mass is 10.0. The van der Waals surface area contributed by atoms with Crippen LogP contribution in [0.5, 0.6) is 0 Å². The second-order valence-corrected chi connectivity index (χ2v) is 3.28. The molecule has 0 N–H and O–H groups in total. The zero-order valence-electron chi connectivity index (χ0n) is 5.20. The first-order chi connectivity index (χ1) is 4.10. The molecule has 1 aliphatic carbocycles. The number of halogens is 2. The van der Waals surface area contributed by atoms with Crippen molar-refractivity contribution in [3.63, 3.8) is 0 Å². The molecule has 0 spiro atoms. The van der Waals surface area contributed by atoms with Gasteiger partial charge in [0.05, 0.1) is 4.87 Å². The molecule has 9 heavy (non-hydrogen) atoms. The van der Waals surface area contributed by atoms with Crippen molar-refractivity contribution in [3.8, 4) is 0 Å². The first kappa shape index (κ1) is 6.81. The molecular weight excluding hydrogens is 139 g/mol. The number of allylic oxidation sites excluding steroid dienone is 4. The molecule has 1 atom stereocenters. The fourth-order valence-electron chi connectivity index (χ4n) is 0.796. The monoisotopic (exact) mass is 146 g/mol. The van der Waals surface area contributed by atoms with Gasteiger partial charge >= 0.3 is 0 Å². The molecule has 0 saturated heterocycles. The first-order valence-corrected chi connectivity index (χ1v) is 3.22. The largest absolute Gasteiger partial charge is 0.207 e. The molecule has 0 aliphatic heterocycles. The van der Waals surface area contributed by atoms with Crippen LogP contribution in [0.4, 0.5) is 4.39 Å². The smallest absolute Gasteiger partial charge is 0.120 e. The van der Waals surface area contributed by atoms with Gasteiger partial charge in [0.15, 0.2) is 0 Å². The van der Waals surface area contributed by atoms with Gasteiger partial charge in [0.25, 0.3) is 0 Å². The highest BCUT2D eigenvalue weighted by Crippen LogP contribution is 2.27. The van der Waals surface area contributed by atoms with Crippen LogP contribution in [0, 0.1) is 0 Å². The van der Waals surface area contributed by atoms with E-state index in [1.54, 1.807) is 13.0 Å². The van der Waals surface area contributed by atoms with Gasteiger partial charge in [0.2, 0.25) is 0 Å². The average molecular weight is 147 g/mol. The lowest BCUT2D eigenvalue weighted by molar-refractivity contribution is 0.629. The zero-order chi connectivity index (χ0) is 6.91. The molecule has 0 aromatic carbocycles. The summed E-state index contributed by atoms with van der Waals surface area (Å²) in [6.07, 6.45) is 5.31. The average Bonchev–Trinajstić information content (AvgIpc) is 1.60. The van der Waals surface area contributed by atoms with E-state index in [2.05, 4.69) is 0 Å². The summed E-state index contributed by atoms with van der Waals surface area (Å²) in [5.74, 6) is -0.237. The summed E-state index contributed by atoms with van der Waals surface area (Å²) in [7, 11) is 0. The van der Waals surface area contributed by atoms with Gasteiger partial charge in [-0.15, -0.1) is 11.6 Å². The van der Waals surface area contributed by atoms with E-state index < -0.39 is 4.87 Å². The van der Waals surface area contributed by atoms with Crippen LogP contribution in [-0.2, 0) is 0 Å². The van der Waals surface area contributed by atoms with Crippen LogP contribution in [0.1, 0.15) is 13.3 Å². The number of alkyl halides is 1. The lowest BCUT2D eigenvalue weighted by Crippen LogP contribution is -2.13. The van der Waals surface area contributed by atoms with Crippen molar-refractivity contribution in [1.29, 1.82) is 0 Å². The van der Waals surface area contributed by atoms with Crippen molar-refractivity contribution in [1.82, 2.24) is 0 Å². The molecule has 0 heterocycles. The molecule has 0 nitrogen and oxygen atoms in total. The summed E-state index contributed by atoms with van der Waals surface area (Å²) in [6, 6.07) is 0. The molecule has 0 saturated carbocycles. The Hall–Kier alpha value is -0.300. The molecule has 0 bridgehead atoms. The predicted octanol–water partition coefficient (Wildman–Crippen LogP) is 2.80. The number of hydrogen-bond donors (Lipinski definition) is 0. The van der Waals surface area contributed by atoms with Crippen molar-refractivity contribution in [2.24, 2.45) is 0 Å². The van der Waals surface area contributed by atoms with Crippen LogP contribution in [0.15, 0.2) is 24.1 Å². The molecule has 0 fully saturated rings. The molecule has 0 aromatic rings. The van der Waals surface area contributed by atoms with Crippen LogP contribution in [0.3, 0.4) is 0 Å². The molecule has 1 unspecified atom stereocenters. The third-order valence-electron chi connectivity index (χ3n) is 1.23. The van der Waals surface area contributed by atoms with Gasteiger partial charge in [-0.2, -0.15) is 0 Å². The van der Waals surface area contributed by atoms with Gasteiger partial charge in [-0.1, -0.05) is 6.08 Å². The SMILES string of the molecule is CC1(Cl)C=C(F)C=CC1. The number of hydrogen-bond acceptors (Lipinski definition) is 0. The van der Waals surface area contributed by atoms with Gasteiger partial charge in [0.1, 0.15) is 5.83 Å². The van der Waals surface area contributed by atoms with Crippen LogP contribution < -0.4 is 0 Å². The topological polar surface area (TPSA) is 0 Å². The van der Waals surface area contributed by atoms with E-state index in [1.165, 1.54) is 12.2 Å². The normalized spacial score (nSPS) is 34.3. The van der Waals surface area contributed by atoms with E-state index >= 15 is 0 Å². The van der Waals surface area contributed by atoms with Crippen LogP contribution in [-0.4, -0.2) is 4.87 Å². The van der Waals surface area contributed by atoms with Gasteiger partial charge in [-0.3, -0.25) is 0 Å². The van der Waals surface area contributed by atoms with Gasteiger partial charge in [0, 0.05) is 0 Å². The summed E-state index contributed by atoms with van der Waals surface area (Å²) in [4.78, 5) is -0.501. The molecule has 50 valence electrons. The van der Waals surface area contributed by atoms with E-state index in [4.69, 9.17) is 11.6 Å². The summed E-state index contributed by atoms with van der Waals surface area (Å²) < 4.78 is 12.4. The minimum absolute atomic E-state index is 0.237. The summed E-state index contributed by atoms with van der Waals surface area (Å²) >= 11 is 5.80. The van der Waals surface area contributed by atoms with Gasteiger partial charge in [-0.05, 0) is 25.5 Å². The fourth-order valence-corrected chi connectivity index (χ4v) is 0.990. The minimum Gasteiger partial charge on any atom is -0.207 e. The summed E-state index contributed by atoms with van der Waals surface area (Å²) in [6.45, 7) is 1.79. The highest BCUT2D eigenvalue weighted by Gasteiger charge is 2.19. The van der Waals surface area contributed by atoms with Crippen molar-refractivity contribution >= 4 is 11.6 Å². The van der Waals surface area contributed by atoms with E-state index in [0.717, 1.165) is 0 Å². The molecule has 1 rings (SSSR count). The first-order valence-electron chi connectivity index (χ1n) is 2.84. The maximum atomic E-state index is 12.4. The Bertz CT molecular complexity index is 168. The Kier molecular flexibility index (Phi) is 1.62. The standard InChI is InChI=1S/C7H8ClF/c1-7(8)4-2-3-6(9)5-7/h2-3,5H,4H2,1H3. The maximum absolute atomic E-state index is 12.4. The van der Waals surface area contributed by atoms with Crippen molar-refractivity contribution in [2.45, 2.75) is 18.2 Å². The van der Waals surface area contributed by atoms with Crippen molar-refractivity contribution < 1.29 is 4.39 Å². The van der Waals surface area contributed by atoms with E-state index in [0.29, 0.717) is 6.42 Å². The molecule has 0 amide bonds. The Morgan fingerprint density at radius 1 is 1.78 bits per heavy atom. The highest BCUT2D eigenvalue weighted by molar-refractivity contribution is 6.25. The molecule has 1 aliphatic rings. The number of rotatable bonds is 0. The van der Waals surface area contributed by atoms with Crippen molar-refractivity contribution in [2.75, 3.05) is 0 Å². The molecular formula is C7H8ClF. The van der Waals surface area contributed by atoms with E-state index in [9.17, 15) is 4.39 Å². The Balaban J connectivity index is 2.78. The minimum atomic E-state index is -0.501. The quantitative estimate of drug-likeness (QED) is 0.461. The fraction of sp³-hybridized carbons (Fsp3) is 0.429. The predicted molar refractivity (Wildman–Crippen MR) is 37.2 cm³/mol. The molecule has 0 aromatic heterocycles. The van der Waals surface area contributed by atoms with Gasteiger partial charge < -0.3 is 0 Å². The Labute approximate surface area is 59.0 Å².